The number of pyridine rings is 1. The molecule has 0 aromatic carbocycles. The fourth-order valence-corrected chi connectivity index (χ4v) is 1.59. The first kappa shape index (κ1) is 14.7. The molecule has 0 aliphatic rings. The summed E-state index contributed by atoms with van der Waals surface area (Å²) in [6.07, 6.45) is 3.57. The summed E-state index contributed by atoms with van der Waals surface area (Å²) in [7, 11) is 0. The molecule has 1 N–H and O–H groups in total. The topological polar surface area (TPSA) is 24.9 Å². The molecule has 1 aromatic rings. The van der Waals surface area contributed by atoms with Gasteiger partial charge in [-0.2, -0.15) is 0 Å². The average molecular weight is 248 g/mol. The van der Waals surface area contributed by atoms with Gasteiger partial charge in [-0.15, -0.1) is 5.92 Å². The van der Waals surface area contributed by atoms with Crippen molar-refractivity contribution in [1.82, 2.24) is 10.3 Å². The fraction of sp³-hybridized carbons (Fsp3) is 0.533. The van der Waals surface area contributed by atoms with E-state index in [0.29, 0.717) is 6.42 Å². The fourth-order valence-electron chi connectivity index (χ4n) is 1.59. The van der Waals surface area contributed by atoms with E-state index in [-0.39, 0.29) is 17.3 Å². The lowest BCUT2D eigenvalue weighted by Gasteiger charge is -2.15. The van der Waals surface area contributed by atoms with E-state index in [1.54, 1.807) is 6.20 Å². The minimum absolute atomic E-state index is 0.00302. The summed E-state index contributed by atoms with van der Waals surface area (Å²) in [6, 6.07) is 1.55. The van der Waals surface area contributed by atoms with Crippen molar-refractivity contribution in [2.75, 3.05) is 6.54 Å². The van der Waals surface area contributed by atoms with E-state index in [0.717, 1.165) is 12.1 Å². The molecule has 1 atom stereocenters. The third-order valence-corrected chi connectivity index (χ3v) is 2.35. The highest BCUT2D eigenvalue weighted by Gasteiger charge is 2.10. The van der Waals surface area contributed by atoms with Crippen molar-refractivity contribution in [3.63, 3.8) is 0 Å². The van der Waals surface area contributed by atoms with Crippen molar-refractivity contribution in [3.8, 4) is 11.8 Å². The summed E-state index contributed by atoms with van der Waals surface area (Å²) in [5.41, 5.74) is 0.844. The van der Waals surface area contributed by atoms with Gasteiger partial charge >= 0.3 is 0 Å². The highest BCUT2D eigenvalue weighted by molar-refractivity contribution is 5.19. The van der Waals surface area contributed by atoms with E-state index in [4.69, 9.17) is 0 Å². The highest BCUT2D eigenvalue weighted by Crippen LogP contribution is 2.17. The SMILES string of the molecule is CCNC(CC#CC(C)(C)C)c1cncc(F)c1. The lowest BCUT2D eigenvalue weighted by Crippen LogP contribution is -2.20. The second-order valence-electron chi connectivity index (χ2n) is 5.30. The van der Waals surface area contributed by atoms with E-state index in [1.165, 1.54) is 12.3 Å². The van der Waals surface area contributed by atoms with E-state index < -0.39 is 0 Å². The molecule has 0 spiro atoms. The summed E-state index contributed by atoms with van der Waals surface area (Å²) < 4.78 is 13.2. The predicted molar refractivity (Wildman–Crippen MR) is 72.5 cm³/mol. The summed E-state index contributed by atoms with van der Waals surface area (Å²) >= 11 is 0. The van der Waals surface area contributed by atoms with Crippen LogP contribution in [0.5, 0.6) is 0 Å². The minimum atomic E-state index is -0.306. The van der Waals surface area contributed by atoms with E-state index >= 15 is 0 Å². The Morgan fingerprint density at radius 2 is 2.11 bits per heavy atom. The lowest BCUT2D eigenvalue weighted by atomic mass is 9.97. The van der Waals surface area contributed by atoms with Gasteiger partial charge in [-0.05, 0) is 38.9 Å². The Bertz CT molecular complexity index is 438. The summed E-state index contributed by atoms with van der Waals surface area (Å²) in [4.78, 5) is 3.88. The maximum Gasteiger partial charge on any atom is 0.141 e. The van der Waals surface area contributed by atoms with Gasteiger partial charge in [0, 0.05) is 24.1 Å². The van der Waals surface area contributed by atoms with E-state index in [1.807, 2.05) is 6.92 Å². The van der Waals surface area contributed by atoms with Crippen LogP contribution in [0, 0.1) is 23.1 Å². The smallest absolute Gasteiger partial charge is 0.141 e. The minimum Gasteiger partial charge on any atom is -0.309 e. The van der Waals surface area contributed by atoms with Crippen LogP contribution in [0.1, 0.15) is 45.7 Å². The van der Waals surface area contributed by atoms with E-state index in [2.05, 4.69) is 42.9 Å². The zero-order valence-electron chi connectivity index (χ0n) is 11.5. The quantitative estimate of drug-likeness (QED) is 0.827. The van der Waals surface area contributed by atoms with Crippen LogP contribution in [-0.2, 0) is 0 Å². The van der Waals surface area contributed by atoms with Crippen LogP contribution in [0.3, 0.4) is 0 Å². The van der Waals surface area contributed by atoms with Crippen LogP contribution >= 0.6 is 0 Å². The largest absolute Gasteiger partial charge is 0.309 e. The standard InChI is InChI=1S/C15H21FN2/c1-5-18-14(7-6-8-15(2,3)4)12-9-13(16)11-17-10-12/h9-11,14,18H,5,7H2,1-4H3. The Hall–Kier alpha value is -1.40. The van der Waals surface area contributed by atoms with Gasteiger partial charge in [-0.1, -0.05) is 12.8 Å². The maximum absolute atomic E-state index is 13.2. The summed E-state index contributed by atoms with van der Waals surface area (Å²) in [6.45, 7) is 9.07. The molecule has 98 valence electrons. The number of halogens is 1. The molecule has 0 saturated carbocycles. The van der Waals surface area contributed by atoms with Crippen LogP contribution in [0.2, 0.25) is 0 Å². The molecule has 0 saturated heterocycles. The third-order valence-electron chi connectivity index (χ3n) is 2.35. The van der Waals surface area contributed by atoms with E-state index in [9.17, 15) is 4.39 Å². The third kappa shape index (κ3) is 5.29. The zero-order chi connectivity index (χ0) is 13.6. The Kier molecular flexibility index (Phi) is 5.30. The van der Waals surface area contributed by atoms with Crippen molar-refractivity contribution in [2.45, 2.75) is 40.2 Å². The number of nitrogens with zero attached hydrogens (tertiary/aromatic N) is 1. The van der Waals surface area contributed by atoms with Gasteiger partial charge in [0.2, 0.25) is 0 Å². The van der Waals surface area contributed by atoms with Gasteiger partial charge in [0.1, 0.15) is 5.82 Å². The highest BCUT2D eigenvalue weighted by atomic mass is 19.1. The maximum atomic E-state index is 13.2. The van der Waals surface area contributed by atoms with Crippen molar-refractivity contribution in [2.24, 2.45) is 5.41 Å². The normalized spacial score (nSPS) is 12.7. The first-order valence-electron chi connectivity index (χ1n) is 6.26. The van der Waals surface area contributed by atoms with Gasteiger partial charge in [0.15, 0.2) is 0 Å². The van der Waals surface area contributed by atoms with Crippen molar-refractivity contribution in [1.29, 1.82) is 0 Å². The molecule has 18 heavy (non-hydrogen) atoms. The van der Waals surface area contributed by atoms with Crippen LogP contribution in [0.15, 0.2) is 18.5 Å². The lowest BCUT2D eigenvalue weighted by molar-refractivity contribution is 0.546. The monoisotopic (exact) mass is 248 g/mol. The van der Waals surface area contributed by atoms with Crippen molar-refractivity contribution in [3.05, 3.63) is 29.8 Å². The molecule has 1 heterocycles. The Labute approximate surface area is 109 Å². The van der Waals surface area contributed by atoms with Crippen LogP contribution in [0.25, 0.3) is 0 Å². The first-order valence-corrected chi connectivity index (χ1v) is 6.26. The van der Waals surface area contributed by atoms with Gasteiger partial charge in [-0.3, -0.25) is 4.98 Å². The summed E-state index contributed by atoms with van der Waals surface area (Å²) in [5, 5.41) is 3.30. The van der Waals surface area contributed by atoms with Gasteiger partial charge in [-0.25, -0.2) is 4.39 Å². The molecule has 0 bridgehead atoms. The molecule has 3 heteroatoms. The first-order chi connectivity index (χ1) is 8.42. The average Bonchev–Trinajstić information content (AvgIpc) is 2.26. The van der Waals surface area contributed by atoms with Crippen LogP contribution in [0.4, 0.5) is 4.39 Å². The second kappa shape index (κ2) is 6.51. The Morgan fingerprint density at radius 1 is 1.39 bits per heavy atom. The molecule has 0 aliphatic heterocycles. The van der Waals surface area contributed by atoms with Gasteiger partial charge in [0.25, 0.3) is 0 Å². The number of hydrogen-bond donors (Lipinski definition) is 1. The number of hydrogen-bond acceptors (Lipinski definition) is 2. The molecular formula is C15H21FN2. The Morgan fingerprint density at radius 3 is 2.67 bits per heavy atom. The molecule has 1 unspecified atom stereocenters. The predicted octanol–water partition coefficient (Wildman–Crippen LogP) is 3.31. The molecular weight excluding hydrogens is 227 g/mol. The Balaban J connectivity index is 2.79. The van der Waals surface area contributed by atoms with Gasteiger partial charge < -0.3 is 5.32 Å². The summed E-state index contributed by atoms with van der Waals surface area (Å²) in [5.74, 6) is 6.05. The van der Waals surface area contributed by atoms with Gasteiger partial charge in [0.05, 0.1) is 6.20 Å². The zero-order valence-corrected chi connectivity index (χ0v) is 11.5. The molecule has 0 fully saturated rings. The van der Waals surface area contributed by atoms with Crippen LogP contribution < -0.4 is 5.32 Å². The van der Waals surface area contributed by atoms with Crippen molar-refractivity contribution >= 4 is 0 Å². The molecule has 2 nitrogen and oxygen atoms in total. The van der Waals surface area contributed by atoms with Crippen molar-refractivity contribution < 1.29 is 4.39 Å². The number of rotatable bonds is 4. The number of aromatic nitrogens is 1. The van der Waals surface area contributed by atoms with Crippen LogP contribution in [-0.4, -0.2) is 11.5 Å². The second-order valence-corrected chi connectivity index (χ2v) is 5.30. The molecule has 1 aromatic heterocycles. The molecule has 0 aliphatic carbocycles. The number of nitrogens with one attached hydrogen (secondary N) is 1. The molecule has 1 rings (SSSR count). The molecule has 0 radical (unpaired) electrons. The molecule has 0 amide bonds.